The molecule has 2 N–H and O–H groups in total. The SMILES string of the molecule is CC(C)Cn1cnnc1CC(C)(C)N. The molecule has 0 amide bonds. The molecule has 0 bridgehead atoms. The van der Waals surface area contributed by atoms with E-state index in [1.165, 1.54) is 0 Å². The third kappa shape index (κ3) is 3.46. The van der Waals surface area contributed by atoms with Crippen LogP contribution in [0.5, 0.6) is 0 Å². The molecule has 0 aliphatic heterocycles. The van der Waals surface area contributed by atoms with Crippen LogP contribution in [0.1, 0.15) is 33.5 Å². The summed E-state index contributed by atoms with van der Waals surface area (Å²) < 4.78 is 2.08. The lowest BCUT2D eigenvalue weighted by molar-refractivity contribution is 0.457. The van der Waals surface area contributed by atoms with Crippen molar-refractivity contribution < 1.29 is 0 Å². The van der Waals surface area contributed by atoms with Crippen LogP contribution in [0.4, 0.5) is 0 Å². The van der Waals surface area contributed by atoms with Crippen molar-refractivity contribution in [3.05, 3.63) is 12.2 Å². The van der Waals surface area contributed by atoms with E-state index in [0.29, 0.717) is 5.92 Å². The zero-order valence-corrected chi connectivity index (χ0v) is 9.49. The Morgan fingerprint density at radius 1 is 1.50 bits per heavy atom. The first kappa shape index (κ1) is 11.2. The lowest BCUT2D eigenvalue weighted by Gasteiger charge is -2.18. The summed E-state index contributed by atoms with van der Waals surface area (Å²) >= 11 is 0. The van der Waals surface area contributed by atoms with Crippen LogP contribution in [0, 0.1) is 5.92 Å². The molecule has 0 spiro atoms. The summed E-state index contributed by atoms with van der Waals surface area (Å²) in [4.78, 5) is 0. The van der Waals surface area contributed by atoms with Crippen molar-refractivity contribution in [3.8, 4) is 0 Å². The first-order valence-corrected chi connectivity index (χ1v) is 5.04. The number of hydrogen-bond donors (Lipinski definition) is 1. The Hall–Kier alpha value is -0.900. The van der Waals surface area contributed by atoms with Gasteiger partial charge < -0.3 is 10.3 Å². The molecule has 0 fully saturated rings. The number of rotatable bonds is 4. The van der Waals surface area contributed by atoms with E-state index in [9.17, 15) is 0 Å². The van der Waals surface area contributed by atoms with E-state index in [2.05, 4.69) is 28.6 Å². The summed E-state index contributed by atoms with van der Waals surface area (Å²) in [5, 5.41) is 8.00. The maximum atomic E-state index is 5.95. The minimum absolute atomic E-state index is 0.220. The molecule has 0 aromatic carbocycles. The molecule has 0 unspecified atom stereocenters. The van der Waals surface area contributed by atoms with E-state index in [1.54, 1.807) is 6.33 Å². The van der Waals surface area contributed by atoms with Crippen molar-refractivity contribution in [2.24, 2.45) is 11.7 Å². The fraction of sp³-hybridized carbons (Fsp3) is 0.800. The molecule has 1 heterocycles. The summed E-state index contributed by atoms with van der Waals surface area (Å²) in [5.41, 5.74) is 5.72. The molecular formula is C10H20N4. The molecule has 1 aromatic heterocycles. The summed E-state index contributed by atoms with van der Waals surface area (Å²) in [5.74, 6) is 1.58. The standard InChI is InChI=1S/C10H20N4/c1-8(2)6-14-7-12-13-9(14)5-10(3,4)11/h7-8H,5-6,11H2,1-4H3. The Morgan fingerprint density at radius 2 is 2.14 bits per heavy atom. The van der Waals surface area contributed by atoms with Crippen molar-refractivity contribution in [2.75, 3.05) is 0 Å². The first-order chi connectivity index (χ1) is 6.38. The van der Waals surface area contributed by atoms with Crippen LogP contribution < -0.4 is 5.73 Å². The number of aromatic nitrogens is 3. The highest BCUT2D eigenvalue weighted by Crippen LogP contribution is 2.09. The zero-order valence-electron chi connectivity index (χ0n) is 9.49. The Labute approximate surface area is 85.5 Å². The molecule has 0 saturated carbocycles. The molecule has 0 aliphatic carbocycles. The predicted octanol–water partition coefficient (Wildman–Crippen LogP) is 1.21. The van der Waals surface area contributed by atoms with Crippen LogP contribution >= 0.6 is 0 Å². The Bertz CT molecular complexity index is 283. The van der Waals surface area contributed by atoms with Crippen molar-refractivity contribution in [3.63, 3.8) is 0 Å². The quantitative estimate of drug-likeness (QED) is 0.787. The number of nitrogens with two attached hydrogens (primary N) is 1. The summed E-state index contributed by atoms with van der Waals surface area (Å²) in [6.45, 7) is 9.32. The first-order valence-electron chi connectivity index (χ1n) is 5.04. The molecule has 4 heteroatoms. The largest absolute Gasteiger partial charge is 0.325 e. The van der Waals surface area contributed by atoms with Gasteiger partial charge in [-0.1, -0.05) is 13.8 Å². The molecule has 0 saturated heterocycles. The Balaban J connectivity index is 2.72. The third-order valence-electron chi connectivity index (χ3n) is 1.87. The lowest BCUT2D eigenvalue weighted by atomic mass is 10.0. The van der Waals surface area contributed by atoms with Gasteiger partial charge in [-0.05, 0) is 19.8 Å². The van der Waals surface area contributed by atoms with Gasteiger partial charge in [0.25, 0.3) is 0 Å². The van der Waals surface area contributed by atoms with E-state index in [-0.39, 0.29) is 5.54 Å². The van der Waals surface area contributed by atoms with Gasteiger partial charge in [-0.2, -0.15) is 0 Å². The minimum Gasteiger partial charge on any atom is -0.325 e. The number of nitrogens with zero attached hydrogens (tertiary/aromatic N) is 3. The molecule has 0 radical (unpaired) electrons. The highest BCUT2D eigenvalue weighted by molar-refractivity contribution is 4.93. The van der Waals surface area contributed by atoms with Crippen LogP contribution in [0.3, 0.4) is 0 Å². The number of hydrogen-bond acceptors (Lipinski definition) is 3. The third-order valence-corrected chi connectivity index (χ3v) is 1.87. The van der Waals surface area contributed by atoms with Crippen LogP contribution in [0.2, 0.25) is 0 Å². The van der Waals surface area contributed by atoms with Gasteiger partial charge in [-0.3, -0.25) is 0 Å². The normalized spacial score (nSPS) is 12.4. The molecular weight excluding hydrogens is 176 g/mol. The summed E-state index contributed by atoms with van der Waals surface area (Å²) in [6, 6.07) is 0. The van der Waals surface area contributed by atoms with Gasteiger partial charge in [0, 0.05) is 18.5 Å². The van der Waals surface area contributed by atoms with E-state index in [4.69, 9.17) is 5.73 Å². The van der Waals surface area contributed by atoms with Gasteiger partial charge in [0.2, 0.25) is 0 Å². The minimum atomic E-state index is -0.220. The summed E-state index contributed by atoms with van der Waals surface area (Å²) in [6.07, 6.45) is 2.54. The van der Waals surface area contributed by atoms with E-state index < -0.39 is 0 Å². The Morgan fingerprint density at radius 3 is 2.64 bits per heavy atom. The highest BCUT2D eigenvalue weighted by Gasteiger charge is 2.16. The van der Waals surface area contributed by atoms with Crippen LogP contribution in [0.15, 0.2) is 6.33 Å². The topological polar surface area (TPSA) is 56.7 Å². The van der Waals surface area contributed by atoms with E-state index in [1.807, 2.05) is 13.8 Å². The van der Waals surface area contributed by atoms with Crippen LogP contribution in [0.25, 0.3) is 0 Å². The van der Waals surface area contributed by atoms with E-state index >= 15 is 0 Å². The van der Waals surface area contributed by atoms with Crippen molar-refractivity contribution in [1.82, 2.24) is 14.8 Å². The molecule has 0 atom stereocenters. The maximum absolute atomic E-state index is 5.95. The molecule has 80 valence electrons. The van der Waals surface area contributed by atoms with Crippen LogP contribution in [-0.2, 0) is 13.0 Å². The van der Waals surface area contributed by atoms with Crippen LogP contribution in [-0.4, -0.2) is 20.3 Å². The molecule has 4 nitrogen and oxygen atoms in total. The zero-order chi connectivity index (χ0) is 10.8. The summed E-state index contributed by atoms with van der Waals surface area (Å²) in [7, 11) is 0. The Kier molecular flexibility index (Phi) is 3.26. The fourth-order valence-corrected chi connectivity index (χ4v) is 1.37. The maximum Gasteiger partial charge on any atom is 0.134 e. The highest BCUT2D eigenvalue weighted by atomic mass is 15.3. The van der Waals surface area contributed by atoms with Gasteiger partial charge in [-0.25, -0.2) is 0 Å². The molecule has 1 rings (SSSR count). The molecule has 1 aromatic rings. The van der Waals surface area contributed by atoms with Crippen molar-refractivity contribution in [2.45, 2.75) is 46.2 Å². The monoisotopic (exact) mass is 196 g/mol. The van der Waals surface area contributed by atoms with Crippen molar-refractivity contribution >= 4 is 0 Å². The average molecular weight is 196 g/mol. The lowest BCUT2D eigenvalue weighted by Crippen LogP contribution is -2.35. The van der Waals surface area contributed by atoms with Crippen molar-refractivity contribution in [1.29, 1.82) is 0 Å². The molecule has 14 heavy (non-hydrogen) atoms. The van der Waals surface area contributed by atoms with Gasteiger partial charge in [0.15, 0.2) is 0 Å². The predicted molar refractivity (Wildman–Crippen MR) is 56.8 cm³/mol. The van der Waals surface area contributed by atoms with Gasteiger partial charge >= 0.3 is 0 Å². The second-order valence-electron chi connectivity index (χ2n) is 4.96. The van der Waals surface area contributed by atoms with Gasteiger partial charge in [-0.15, -0.1) is 10.2 Å². The van der Waals surface area contributed by atoms with Gasteiger partial charge in [0.05, 0.1) is 0 Å². The fourth-order valence-electron chi connectivity index (χ4n) is 1.37. The average Bonchev–Trinajstić information content (AvgIpc) is 2.32. The van der Waals surface area contributed by atoms with E-state index in [0.717, 1.165) is 18.8 Å². The van der Waals surface area contributed by atoms with Gasteiger partial charge in [0.1, 0.15) is 12.2 Å². The molecule has 0 aliphatic rings. The second-order valence-corrected chi connectivity index (χ2v) is 4.96. The smallest absolute Gasteiger partial charge is 0.134 e. The second kappa shape index (κ2) is 4.09.